The van der Waals surface area contributed by atoms with E-state index >= 15 is 0 Å². The Morgan fingerprint density at radius 1 is 1.33 bits per heavy atom. The summed E-state index contributed by atoms with van der Waals surface area (Å²) < 4.78 is 18.4. The van der Waals surface area contributed by atoms with E-state index in [1.165, 1.54) is 12.1 Å². The molecule has 4 nitrogen and oxygen atoms in total. The van der Waals surface area contributed by atoms with Gasteiger partial charge in [0.1, 0.15) is 5.82 Å². The van der Waals surface area contributed by atoms with Gasteiger partial charge in [0.25, 0.3) is 0 Å². The van der Waals surface area contributed by atoms with Crippen molar-refractivity contribution in [3.63, 3.8) is 0 Å². The Hall–Kier alpha value is -1.46. The highest BCUT2D eigenvalue weighted by Gasteiger charge is 2.33. The number of halogens is 2. The third-order valence-corrected chi connectivity index (χ3v) is 4.38. The van der Waals surface area contributed by atoms with Crippen LogP contribution >= 0.6 is 11.6 Å². The summed E-state index contributed by atoms with van der Waals surface area (Å²) in [6.45, 7) is 4.56. The van der Waals surface area contributed by atoms with Crippen molar-refractivity contribution >= 4 is 11.6 Å². The molecule has 0 aliphatic rings. The van der Waals surface area contributed by atoms with E-state index in [1.54, 1.807) is 6.07 Å². The zero-order valence-corrected chi connectivity index (χ0v) is 13.0. The lowest BCUT2D eigenvalue weighted by Crippen LogP contribution is -2.34. The number of aromatic nitrogens is 2. The maximum Gasteiger partial charge on any atom is 0.234 e. The lowest BCUT2D eigenvalue weighted by molar-refractivity contribution is 0.266. The van der Waals surface area contributed by atoms with Crippen molar-refractivity contribution in [2.45, 2.75) is 38.5 Å². The van der Waals surface area contributed by atoms with Gasteiger partial charge < -0.3 is 10.3 Å². The number of rotatable bonds is 6. The van der Waals surface area contributed by atoms with Crippen LogP contribution in [0.5, 0.6) is 0 Å². The highest BCUT2D eigenvalue weighted by Crippen LogP contribution is 2.29. The summed E-state index contributed by atoms with van der Waals surface area (Å²) in [4.78, 5) is 4.44. The summed E-state index contributed by atoms with van der Waals surface area (Å²) in [5, 5.41) is 4.35. The second-order valence-corrected chi connectivity index (χ2v) is 5.53. The first-order chi connectivity index (χ1) is 10.0. The van der Waals surface area contributed by atoms with E-state index in [-0.39, 0.29) is 11.2 Å². The Kier molecular flexibility index (Phi) is 4.96. The van der Waals surface area contributed by atoms with Crippen LogP contribution in [0.2, 0.25) is 5.02 Å². The molecule has 0 saturated heterocycles. The van der Waals surface area contributed by atoms with Crippen molar-refractivity contribution in [3.8, 4) is 0 Å². The summed E-state index contributed by atoms with van der Waals surface area (Å²) in [5.74, 6) is 0.720. The van der Waals surface area contributed by atoms with E-state index < -0.39 is 0 Å². The standard InChI is InChI=1S/C15H19ClFN3O/c1-3-15(4-2,9-18)14-19-13(20-21-14)7-10-5-6-11(17)8-12(10)16/h5-6,8H,3-4,7,9,18H2,1-2H3. The third-order valence-electron chi connectivity index (χ3n) is 4.03. The lowest BCUT2D eigenvalue weighted by atomic mass is 9.82. The van der Waals surface area contributed by atoms with Crippen molar-refractivity contribution < 1.29 is 8.91 Å². The summed E-state index contributed by atoms with van der Waals surface area (Å²) in [7, 11) is 0. The maximum absolute atomic E-state index is 13.0. The van der Waals surface area contributed by atoms with Crippen LogP contribution in [0.25, 0.3) is 0 Å². The van der Waals surface area contributed by atoms with Crippen LogP contribution in [0.15, 0.2) is 22.7 Å². The minimum absolute atomic E-state index is 0.280. The molecular formula is C15H19ClFN3O. The highest BCUT2D eigenvalue weighted by atomic mass is 35.5. The maximum atomic E-state index is 13.0. The number of hydrogen-bond acceptors (Lipinski definition) is 4. The van der Waals surface area contributed by atoms with Crippen LogP contribution in [-0.2, 0) is 11.8 Å². The monoisotopic (exact) mass is 311 g/mol. The Balaban J connectivity index is 2.24. The van der Waals surface area contributed by atoms with E-state index in [9.17, 15) is 4.39 Å². The van der Waals surface area contributed by atoms with E-state index in [4.69, 9.17) is 21.9 Å². The molecule has 2 N–H and O–H groups in total. The average molecular weight is 312 g/mol. The smallest absolute Gasteiger partial charge is 0.234 e. The summed E-state index contributed by atoms with van der Waals surface area (Å²) >= 11 is 6.01. The molecule has 2 rings (SSSR count). The quantitative estimate of drug-likeness (QED) is 0.887. The lowest BCUT2D eigenvalue weighted by Gasteiger charge is -2.24. The van der Waals surface area contributed by atoms with Gasteiger partial charge in [0.15, 0.2) is 5.82 Å². The van der Waals surface area contributed by atoms with Crippen LogP contribution in [0.1, 0.15) is 44.0 Å². The second kappa shape index (κ2) is 6.54. The summed E-state index contributed by atoms with van der Waals surface area (Å²) in [5.41, 5.74) is 6.35. The Bertz CT molecular complexity index is 602. The molecule has 0 saturated carbocycles. The summed E-state index contributed by atoms with van der Waals surface area (Å²) in [6, 6.07) is 4.27. The van der Waals surface area contributed by atoms with Gasteiger partial charge in [-0.05, 0) is 30.5 Å². The van der Waals surface area contributed by atoms with Gasteiger partial charge in [-0.15, -0.1) is 0 Å². The Labute approximate surface area is 128 Å². The highest BCUT2D eigenvalue weighted by molar-refractivity contribution is 6.31. The zero-order valence-electron chi connectivity index (χ0n) is 12.2. The molecule has 0 atom stereocenters. The van der Waals surface area contributed by atoms with Crippen molar-refractivity contribution in [2.75, 3.05) is 6.54 Å². The zero-order chi connectivity index (χ0) is 15.5. The molecule has 0 aliphatic heterocycles. The van der Waals surface area contributed by atoms with Crippen LogP contribution < -0.4 is 5.73 Å². The molecule has 0 amide bonds. The van der Waals surface area contributed by atoms with Gasteiger partial charge in [-0.3, -0.25) is 0 Å². The molecule has 1 heterocycles. The first kappa shape index (κ1) is 15.9. The third kappa shape index (κ3) is 3.24. The number of nitrogens with two attached hydrogens (primary N) is 1. The molecule has 0 spiro atoms. The molecule has 21 heavy (non-hydrogen) atoms. The average Bonchev–Trinajstić information content (AvgIpc) is 2.94. The molecule has 0 radical (unpaired) electrons. The Morgan fingerprint density at radius 3 is 2.62 bits per heavy atom. The fourth-order valence-electron chi connectivity index (χ4n) is 2.31. The van der Waals surface area contributed by atoms with E-state index in [2.05, 4.69) is 24.0 Å². The predicted octanol–water partition coefficient (Wildman–Crippen LogP) is 3.47. The van der Waals surface area contributed by atoms with Crippen LogP contribution in [0.3, 0.4) is 0 Å². The molecular weight excluding hydrogens is 293 g/mol. The molecule has 1 aromatic heterocycles. The number of nitrogens with zero attached hydrogens (tertiary/aromatic N) is 2. The topological polar surface area (TPSA) is 64.9 Å². The molecule has 114 valence electrons. The van der Waals surface area contributed by atoms with Crippen molar-refractivity contribution in [3.05, 3.63) is 46.3 Å². The molecule has 0 aliphatic carbocycles. The second-order valence-electron chi connectivity index (χ2n) is 5.12. The van der Waals surface area contributed by atoms with Gasteiger partial charge >= 0.3 is 0 Å². The van der Waals surface area contributed by atoms with E-state index in [1.807, 2.05) is 0 Å². The van der Waals surface area contributed by atoms with Crippen LogP contribution in [-0.4, -0.2) is 16.7 Å². The fraction of sp³-hybridized carbons (Fsp3) is 0.467. The van der Waals surface area contributed by atoms with Gasteiger partial charge in [-0.2, -0.15) is 4.98 Å². The van der Waals surface area contributed by atoms with E-state index in [0.717, 1.165) is 18.4 Å². The van der Waals surface area contributed by atoms with Crippen molar-refractivity contribution in [1.82, 2.24) is 10.1 Å². The summed E-state index contributed by atoms with van der Waals surface area (Å²) in [6.07, 6.45) is 2.06. The molecule has 0 unspecified atom stereocenters. The normalized spacial score (nSPS) is 11.9. The molecule has 0 fully saturated rings. The van der Waals surface area contributed by atoms with Gasteiger partial charge in [-0.1, -0.05) is 36.7 Å². The first-order valence-electron chi connectivity index (χ1n) is 7.01. The van der Waals surface area contributed by atoms with Crippen molar-refractivity contribution in [2.24, 2.45) is 5.73 Å². The minimum atomic E-state index is -0.364. The van der Waals surface area contributed by atoms with E-state index in [0.29, 0.717) is 29.7 Å². The van der Waals surface area contributed by atoms with Crippen molar-refractivity contribution in [1.29, 1.82) is 0 Å². The molecule has 0 bridgehead atoms. The van der Waals surface area contributed by atoms with Gasteiger partial charge in [-0.25, -0.2) is 4.39 Å². The van der Waals surface area contributed by atoms with Gasteiger partial charge in [0.2, 0.25) is 5.89 Å². The van der Waals surface area contributed by atoms with Gasteiger partial charge in [0, 0.05) is 18.0 Å². The van der Waals surface area contributed by atoms with Gasteiger partial charge in [0.05, 0.1) is 5.41 Å². The molecule has 6 heteroatoms. The molecule has 2 aromatic rings. The SMILES string of the molecule is CCC(CC)(CN)c1nc(Cc2ccc(F)cc2Cl)no1. The number of benzene rings is 1. The Morgan fingerprint density at radius 2 is 2.05 bits per heavy atom. The largest absolute Gasteiger partial charge is 0.339 e. The first-order valence-corrected chi connectivity index (χ1v) is 7.39. The predicted molar refractivity (Wildman–Crippen MR) is 79.8 cm³/mol. The minimum Gasteiger partial charge on any atom is -0.339 e. The van der Waals surface area contributed by atoms with Crippen LogP contribution in [0, 0.1) is 5.82 Å². The van der Waals surface area contributed by atoms with Crippen LogP contribution in [0.4, 0.5) is 4.39 Å². The fourth-order valence-corrected chi connectivity index (χ4v) is 2.54. The molecule has 1 aromatic carbocycles. The number of hydrogen-bond donors (Lipinski definition) is 1.